The second-order valence-electron chi connectivity index (χ2n) is 6.19. The first-order chi connectivity index (χ1) is 13.8. The van der Waals surface area contributed by atoms with Gasteiger partial charge >= 0.3 is 6.18 Å². The highest BCUT2D eigenvalue weighted by atomic mass is 19.4. The molecular weight excluding hydrogens is 385 g/mol. The Labute approximate surface area is 162 Å². The third-order valence-corrected chi connectivity index (χ3v) is 4.07. The van der Waals surface area contributed by atoms with Crippen LogP contribution in [0.1, 0.15) is 16.1 Å². The van der Waals surface area contributed by atoms with Crippen molar-refractivity contribution in [1.82, 2.24) is 25.0 Å². The van der Waals surface area contributed by atoms with Crippen LogP contribution >= 0.6 is 0 Å². The second-order valence-corrected chi connectivity index (χ2v) is 6.19. The first-order valence-electron chi connectivity index (χ1n) is 8.43. The van der Waals surface area contributed by atoms with Gasteiger partial charge in [-0.25, -0.2) is 9.97 Å². The van der Waals surface area contributed by atoms with E-state index in [0.29, 0.717) is 22.3 Å². The molecule has 146 valence electrons. The third-order valence-electron chi connectivity index (χ3n) is 4.07. The Kier molecular flexibility index (Phi) is 4.45. The summed E-state index contributed by atoms with van der Waals surface area (Å²) in [5.74, 6) is -0.544. The Hall–Kier alpha value is -3.82. The highest BCUT2D eigenvalue weighted by molar-refractivity contribution is 6.05. The highest BCUT2D eigenvalue weighted by Crippen LogP contribution is 2.28. The molecule has 1 N–H and O–H groups in total. The average Bonchev–Trinajstić information content (AvgIpc) is 3.07. The van der Waals surface area contributed by atoms with Gasteiger partial charge in [-0.15, -0.1) is 0 Å². The minimum absolute atomic E-state index is 0.115. The molecule has 0 atom stereocenters. The van der Waals surface area contributed by atoms with Crippen molar-refractivity contribution in [1.29, 1.82) is 0 Å². The standard InChI is InChI=1S/C19H13F3N6O/c1-28-26-14-6-5-13(10-15(14)27-28)24-18(29)12-4-2-3-11(9-12)17-23-8-7-16(25-17)19(20,21)22/h2-10H,1H3,(H,24,29). The number of fused-ring (bicyclic) bond motifs is 1. The molecule has 4 aromatic rings. The molecule has 0 aliphatic rings. The van der Waals surface area contributed by atoms with E-state index < -0.39 is 17.8 Å². The van der Waals surface area contributed by atoms with Gasteiger partial charge in [-0.3, -0.25) is 4.79 Å². The van der Waals surface area contributed by atoms with E-state index in [0.717, 1.165) is 12.3 Å². The third kappa shape index (κ3) is 3.91. The lowest BCUT2D eigenvalue weighted by Crippen LogP contribution is -2.12. The number of anilines is 1. The number of aromatic nitrogens is 5. The number of rotatable bonds is 3. The fourth-order valence-corrected chi connectivity index (χ4v) is 2.76. The molecule has 1 amide bonds. The fraction of sp³-hybridized carbons (Fsp3) is 0.105. The van der Waals surface area contributed by atoms with Crippen molar-refractivity contribution in [2.75, 3.05) is 5.32 Å². The van der Waals surface area contributed by atoms with Gasteiger partial charge in [0.2, 0.25) is 0 Å². The minimum Gasteiger partial charge on any atom is -0.322 e. The predicted molar refractivity (Wildman–Crippen MR) is 98.9 cm³/mol. The van der Waals surface area contributed by atoms with E-state index in [2.05, 4.69) is 25.5 Å². The van der Waals surface area contributed by atoms with Gasteiger partial charge in [-0.05, 0) is 36.4 Å². The number of alkyl halides is 3. The van der Waals surface area contributed by atoms with Gasteiger partial charge in [0.15, 0.2) is 5.82 Å². The summed E-state index contributed by atoms with van der Waals surface area (Å²) >= 11 is 0. The molecule has 0 saturated heterocycles. The van der Waals surface area contributed by atoms with Crippen LogP contribution in [0.25, 0.3) is 22.4 Å². The molecule has 0 spiro atoms. The summed E-state index contributed by atoms with van der Waals surface area (Å²) in [5, 5.41) is 11.1. The highest BCUT2D eigenvalue weighted by Gasteiger charge is 2.32. The Morgan fingerprint density at radius 2 is 1.83 bits per heavy atom. The molecule has 29 heavy (non-hydrogen) atoms. The van der Waals surface area contributed by atoms with Crippen LogP contribution in [0.5, 0.6) is 0 Å². The van der Waals surface area contributed by atoms with Gasteiger partial charge in [0.25, 0.3) is 5.91 Å². The maximum absolute atomic E-state index is 12.9. The van der Waals surface area contributed by atoms with Crippen molar-refractivity contribution < 1.29 is 18.0 Å². The van der Waals surface area contributed by atoms with Gasteiger partial charge < -0.3 is 5.32 Å². The number of carbonyl (C=O) groups is 1. The van der Waals surface area contributed by atoms with Crippen LogP contribution in [0, 0.1) is 0 Å². The fourth-order valence-electron chi connectivity index (χ4n) is 2.76. The largest absolute Gasteiger partial charge is 0.433 e. The lowest BCUT2D eigenvalue weighted by Gasteiger charge is -2.09. The number of carbonyl (C=O) groups excluding carboxylic acids is 1. The number of benzene rings is 2. The quantitative estimate of drug-likeness (QED) is 0.569. The molecule has 0 fully saturated rings. The molecule has 0 radical (unpaired) electrons. The zero-order valence-corrected chi connectivity index (χ0v) is 15.0. The topological polar surface area (TPSA) is 85.6 Å². The summed E-state index contributed by atoms with van der Waals surface area (Å²) < 4.78 is 38.6. The van der Waals surface area contributed by atoms with Crippen molar-refractivity contribution in [3.8, 4) is 11.4 Å². The summed E-state index contributed by atoms with van der Waals surface area (Å²) in [7, 11) is 1.69. The molecule has 2 aromatic carbocycles. The Balaban J connectivity index is 1.60. The molecule has 0 bridgehead atoms. The van der Waals surface area contributed by atoms with Gasteiger partial charge in [0.1, 0.15) is 16.7 Å². The SMILES string of the molecule is Cn1nc2ccc(NC(=O)c3cccc(-c4nccc(C(F)(F)F)n4)c3)cc2n1. The Morgan fingerprint density at radius 1 is 1.03 bits per heavy atom. The van der Waals surface area contributed by atoms with Gasteiger partial charge in [0.05, 0.1) is 0 Å². The summed E-state index contributed by atoms with van der Waals surface area (Å²) in [5.41, 5.74) is 1.33. The number of nitrogens with zero attached hydrogens (tertiary/aromatic N) is 5. The number of amides is 1. The predicted octanol–water partition coefficient (Wildman–Crippen LogP) is 3.70. The first kappa shape index (κ1) is 18.5. The summed E-state index contributed by atoms with van der Waals surface area (Å²) in [4.78, 5) is 21.5. The molecule has 0 unspecified atom stereocenters. The van der Waals surface area contributed by atoms with E-state index >= 15 is 0 Å². The molecule has 7 nitrogen and oxygen atoms in total. The smallest absolute Gasteiger partial charge is 0.322 e. The normalized spacial score (nSPS) is 11.6. The van der Waals surface area contributed by atoms with Crippen molar-refractivity contribution in [3.63, 3.8) is 0 Å². The van der Waals surface area contributed by atoms with Gasteiger partial charge in [-0.2, -0.15) is 28.2 Å². The lowest BCUT2D eigenvalue weighted by molar-refractivity contribution is -0.141. The molecule has 2 heterocycles. The summed E-state index contributed by atoms with van der Waals surface area (Å²) in [6.07, 6.45) is -3.54. The molecule has 4 rings (SSSR count). The van der Waals surface area contributed by atoms with Crippen molar-refractivity contribution in [2.24, 2.45) is 7.05 Å². The van der Waals surface area contributed by atoms with Crippen LogP contribution in [-0.4, -0.2) is 30.9 Å². The second kappa shape index (κ2) is 6.97. The van der Waals surface area contributed by atoms with Gasteiger partial charge in [0, 0.05) is 30.1 Å². The monoisotopic (exact) mass is 398 g/mol. The maximum Gasteiger partial charge on any atom is 0.433 e. The number of nitrogens with one attached hydrogen (secondary N) is 1. The van der Waals surface area contributed by atoms with E-state index in [1.165, 1.54) is 16.9 Å². The van der Waals surface area contributed by atoms with Crippen LogP contribution in [0.2, 0.25) is 0 Å². The lowest BCUT2D eigenvalue weighted by atomic mass is 10.1. The van der Waals surface area contributed by atoms with Crippen LogP contribution in [0.4, 0.5) is 18.9 Å². The maximum atomic E-state index is 12.9. The van der Waals surface area contributed by atoms with Crippen molar-refractivity contribution in [3.05, 3.63) is 66.0 Å². The van der Waals surface area contributed by atoms with E-state index in [1.807, 2.05) is 0 Å². The number of halogens is 3. The van der Waals surface area contributed by atoms with E-state index in [1.54, 1.807) is 37.4 Å². The molecule has 10 heteroatoms. The number of hydrogen-bond acceptors (Lipinski definition) is 5. The van der Waals surface area contributed by atoms with Crippen LogP contribution < -0.4 is 5.32 Å². The molecule has 2 aromatic heterocycles. The summed E-state index contributed by atoms with van der Waals surface area (Å²) in [6.45, 7) is 0. The molecule has 0 saturated carbocycles. The van der Waals surface area contributed by atoms with E-state index in [-0.39, 0.29) is 11.4 Å². The Morgan fingerprint density at radius 3 is 2.62 bits per heavy atom. The van der Waals surface area contributed by atoms with Crippen molar-refractivity contribution in [2.45, 2.75) is 6.18 Å². The Bertz CT molecular complexity index is 1220. The van der Waals surface area contributed by atoms with Crippen molar-refractivity contribution >= 4 is 22.6 Å². The van der Waals surface area contributed by atoms with Crippen LogP contribution in [0.15, 0.2) is 54.7 Å². The zero-order chi connectivity index (χ0) is 20.6. The first-order valence-corrected chi connectivity index (χ1v) is 8.43. The molecule has 0 aliphatic carbocycles. The van der Waals surface area contributed by atoms with Gasteiger partial charge in [-0.1, -0.05) is 12.1 Å². The van der Waals surface area contributed by atoms with Crippen LogP contribution in [0.3, 0.4) is 0 Å². The van der Waals surface area contributed by atoms with E-state index in [4.69, 9.17) is 0 Å². The molecular formula is C19H13F3N6O. The van der Waals surface area contributed by atoms with E-state index in [9.17, 15) is 18.0 Å². The molecule has 0 aliphatic heterocycles. The number of aryl methyl sites for hydroxylation is 1. The average molecular weight is 398 g/mol. The number of hydrogen-bond donors (Lipinski definition) is 1. The van der Waals surface area contributed by atoms with Crippen LogP contribution in [-0.2, 0) is 13.2 Å². The zero-order valence-electron chi connectivity index (χ0n) is 15.0. The summed E-state index contributed by atoms with van der Waals surface area (Å²) in [6, 6.07) is 12.0. The minimum atomic E-state index is -4.58.